The molecule has 0 saturated carbocycles. The third kappa shape index (κ3) is 3.58. The van der Waals surface area contributed by atoms with Crippen LogP contribution in [0.5, 0.6) is 0 Å². The predicted octanol–water partition coefficient (Wildman–Crippen LogP) is 2.96. The number of pyridine rings is 1. The average molecular weight is 265 g/mol. The third-order valence-corrected chi connectivity index (χ3v) is 3.46. The number of halogens is 1. The summed E-state index contributed by atoms with van der Waals surface area (Å²) in [4.78, 5) is 9.17. The number of aromatic nitrogens is 2. The molecule has 0 aliphatic carbocycles. The van der Waals surface area contributed by atoms with Crippen molar-refractivity contribution in [2.75, 3.05) is 6.54 Å². The normalized spacial score (nSPS) is 12.6. The van der Waals surface area contributed by atoms with Gasteiger partial charge in [-0.25, -0.2) is 4.39 Å². The Hall–Kier alpha value is -1.33. The fourth-order valence-electron chi connectivity index (χ4n) is 1.79. The van der Waals surface area contributed by atoms with Crippen molar-refractivity contribution in [2.45, 2.75) is 25.8 Å². The van der Waals surface area contributed by atoms with Gasteiger partial charge in [0.25, 0.3) is 0 Å². The second kappa shape index (κ2) is 6.56. The van der Waals surface area contributed by atoms with E-state index in [1.165, 1.54) is 11.1 Å². The molecule has 96 valence electrons. The van der Waals surface area contributed by atoms with E-state index >= 15 is 0 Å². The first-order valence-electron chi connectivity index (χ1n) is 6.00. The minimum atomic E-state index is -0.292. The van der Waals surface area contributed by atoms with Gasteiger partial charge in [0.2, 0.25) is 0 Å². The molecule has 0 amide bonds. The zero-order valence-electron chi connectivity index (χ0n) is 10.3. The maximum atomic E-state index is 13.2. The lowest BCUT2D eigenvalue weighted by Crippen LogP contribution is -2.24. The molecular formula is C13H16FN3S. The second-order valence-corrected chi connectivity index (χ2v) is 5.09. The summed E-state index contributed by atoms with van der Waals surface area (Å²) in [7, 11) is 0. The Morgan fingerprint density at radius 3 is 2.89 bits per heavy atom. The number of thiazole rings is 1. The van der Waals surface area contributed by atoms with E-state index in [4.69, 9.17) is 0 Å². The zero-order valence-corrected chi connectivity index (χ0v) is 11.1. The van der Waals surface area contributed by atoms with E-state index in [0.29, 0.717) is 0 Å². The molecule has 2 aromatic rings. The number of hydrogen-bond donors (Lipinski definition) is 1. The van der Waals surface area contributed by atoms with E-state index < -0.39 is 0 Å². The highest BCUT2D eigenvalue weighted by atomic mass is 32.1. The molecule has 2 rings (SSSR count). The minimum absolute atomic E-state index is 0.0913. The predicted molar refractivity (Wildman–Crippen MR) is 71.0 cm³/mol. The lowest BCUT2D eigenvalue weighted by molar-refractivity contribution is 0.524. The minimum Gasteiger partial charge on any atom is -0.310 e. The molecule has 0 aromatic carbocycles. The van der Waals surface area contributed by atoms with Gasteiger partial charge in [-0.15, -0.1) is 11.3 Å². The van der Waals surface area contributed by atoms with E-state index in [9.17, 15) is 4.39 Å². The second-order valence-electron chi connectivity index (χ2n) is 4.12. The van der Waals surface area contributed by atoms with Crippen molar-refractivity contribution in [2.24, 2.45) is 0 Å². The molecule has 2 aromatic heterocycles. The van der Waals surface area contributed by atoms with Gasteiger partial charge < -0.3 is 5.32 Å². The summed E-state index contributed by atoms with van der Waals surface area (Å²) in [6.45, 7) is 3.01. The smallest absolute Gasteiger partial charge is 0.141 e. The van der Waals surface area contributed by atoms with Gasteiger partial charge in [0.15, 0.2) is 0 Å². The largest absolute Gasteiger partial charge is 0.310 e. The first-order valence-corrected chi connectivity index (χ1v) is 6.88. The van der Waals surface area contributed by atoms with Crippen LogP contribution in [0.2, 0.25) is 0 Å². The van der Waals surface area contributed by atoms with E-state index in [2.05, 4.69) is 22.2 Å². The first kappa shape index (κ1) is 13.1. The van der Waals surface area contributed by atoms with Crippen LogP contribution in [-0.4, -0.2) is 16.5 Å². The molecule has 0 fully saturated rings. The highest BCUT2D eigenvalue weighted by molar-refractivity contribution is 7.09. The Bertz CT molecular complexity index is 473. The summed E-state index contributed by atoms with van der Waals surface area (Å²) in [5.41, 5.74) is 2.70. The molecule has 3 nitrogen and oxygen atoms in total. The summed E-state index contributed by atoms with van der Waals surface area (Å²) < 4.78 is 13.2. The van der Waals surface area contributed by atoms with Gasteiger partial charge in [0.1, 0.15) is 5.82 Å². The van der Waals surface area contributed by atoms with E-state index in [-0.39, 0.29) is 11.9 Å². The maximum absolute atomic E-state index is 13.2. The van der Waals surface area contributed by atoms with Gasteiger partial charge in [-0.05, 0) is 24.6 Å². The average Bonchev–Trinajstić information content (AvgIpc) is 2.87. The molecule has 0 aliphatic heterocycles. The van der Waals surface area contributed by atoms with Gasteiger partial charge in [0.05, 0.1) is 11.7 Å². The molecule has 2 heterocycles. The topological polar surface area (TPSA) is 37.8 Å². The van der Waals surface area contributed by atoms with E-state index in [0.717, 1.165) is 24.9 Å². The Morgan fingerprint density at radius 2 is 2.22 bits per heavy atom. The van der Waals surface area contributed by atoms with Crippen molar-refractivity contribution >= 4 is 11.3 Å². The molecule has 1 atom stereocenters. The van der Waals surface area contributed by atoms with Crippen molar-refractivity contribution in [1.29, 1.82) is 0 Å². The van der Waals surface area contributed by atoms with Crippen LogP contribution >= 0.6 is 11.3 Å². The molecule has 5 heteroatoms. The number of nitrogens with one attached hydrogen (secondary N) is 1. The molecule has 0 spiro atoms. The summed E-state index contributed by atoms with van der Waals surface area (Å²) in [5, 5.41) is 3.42. The maximum Gasteiger partial charge on any atom is 0.141 e. The zero-order chi connectivity index (χ0) is 12.8. The van der Waals surface area contributed by atoms with Crippen LogP contribution in [-0.2, 0) is 6.42 Å². The Labute approximate surface area is 110 Å². The molecule has 1 N–H and O–H groups in total. The standard InChI is InChI=1S/C13H16FN3S/c1-2-3-17-13(5-12-8-16-9-18-12)10-4-11(14)7-15-6-10/h4,6-9,13,17H,2-3,5H2,1H3. The van der Waals surface area contributed by atoms with Gasteiger partial charge in [-0.1, -0.05) is 6.92 Å². The van der Waals surface area contributed by atoms with Crippen molar-refractivity contribution in [1.82, 2.24) is 15.3 Å². The third-order valence-electron chi connectivity index (χ3n) is 2.66. The lowest BCUT2D eigenvalue weighted by Gasteiger charge is -2.17. The lowest BCUT2D eigenvalue weighted by atomic mass is 10.0. The molecule has 0 bridgehead atoms. The van der Waals surface area contributed by atoms with Gasteiger partial charge in [-0.2, -0.15) is 0 Å². The summed E-state index contributed by atoms with van der Waals surface area (Å²) in [5.74, 6) is -0.292. The van der Waals surface area contributed by atoms with Crippen LogP contribution in [0, 0.1) is 5.82 Å². The molecule has 0 radical (unpaired) electrons. The number of nitrogens with zero attached hydrogens (tertiary/aromatic N) is 2. The quantitative estimate of drug-likeness (QED) is 0.872. The molecule has 1 unspecified atom stereocenters. The first-order chi connectivity index (χ1) is 8.79. The van der Waals surface area contributed by atoms with Gasteiger partial charge in [0, 0.05) is 29.7 Å². The van der Waals surface area contributed by atoms with Crippen molar-refractivity contribution in [3.63, 3.8) is 0 Å². The Morgan fingerprint density at radius 1 is 1.33 bits per heavy atom. The highest BCUT2D eigenvalue weighted by Gasteiger charge is 2.13. The summed E-state index contributed by atoms with van der Waals surface area (Å²) in [6, 6.07) is 1.63. The molecule has 0 aliphatic rings. The monoisotopic (exact) mass is 265 g/mol. The van der Waals surface area contributed by atoms with Gasteiger partial charge >= 0.3 is 0 Å². The SMILES string of the molecule is CCCNC(Cc1cncs1)c1cncc(F)c1. The van der Waals surface area contributed by atoms with Crippen LogP contribution in [0.1, 0.15) is 29.8 Å². The van der Waals surface area contributed by atoms with Crippen molar-refractivity contribution in [3.05, 3.63) is 46.4 Å². The molecule has 18 heavy (non-hydrogen) atoms. The van der Waals surface area contributed by atoms with E-state index in [1.54, 1.807) is 23.6 Å². The molecule has 0 saturated heterocycles. The van der Waals surface area contributed by atoms with Crippen LogP contribution in [0.25, 0.3) is 0 Å². The van der Waals surface area contributed by atoms with Crippen LogP contribution in [0.3, 0.4) is 0 Å². The summed E-state index contributed by atoms with van der Waals surface area (Å²) >= 11 is 1.62. The highest BCUT2D eigenvalue weighted by Crippen LogP contribution is 2.20. The van der Waals surface area contributed by atoms with Crippen LogP contribution in [0.15, 0.2) is 30.2 Å². The number of hydrogen-bond acceptors (Lipinski definition) is 4. The van der Waals surface area contributed by atoms with Crippen molar-refractivity contribution in [3.8, 4) is 0 Å². The van der Waals surface area contributed by atoms with Crippen LogP contribution < -0.4 is 5.32 Å². The fourth-order valence-corrected chi connectivity index (χ4v) is 2.43. The van der Waals surface area contributed by atoms with Crippen LogP contribution in [0.4, 0.5) is 4.39 Å². The number of rotatable bonds is 6. The van der Waals surface area contributed by atoms with Gasteiger partial charge in [-0.3, -0.25) is 9.97 Å². The van der Waals surface area contributed by atoms with Crippen molar-refractivity contribution < 1.29 is 4.39 Å². The fraction of sp³-hybridized carbons (Fsp3) is 0.385. The summed E-state index contributed by atoms with van der Waals surface area (Å²) in [6.07, 6.45) is 6.67. The van der Waals surface area contributed by atoms with E-state index in [1.807, 2.05) is 11.7 Å². The Kier molecular flexibility index (Phi) is 4.78. The molecular weight excluding hydrogens is 249 g/mol. The Balaban J connectivity index is 2.13.